The molecule has 0 aliphatic carbocycles. The third-order valence-electron chi connectivity index (χ3n) is 3.83. The highest BCUT2D eigenvalue weighted by Gasteiger charge is 2.19. The summed E-state index contributed by atoms with van der Waals surface area (Å²) in [5.41, 5.74) is 2.01. The van der Waals surface area contributed by atoms with Crippen LogP contribution in [0.3, 0.4) is 0 Å². The molecule has 1 amide bonds. The quantitative estimate of drug-likeness (QED) is 0.762. The zero-order valence-electron chi connectivity index (χ0n) is 12.7. The van der Waals surface area contributed by atoms with Crippen molar-refractivity contribution in [2.75, 3.05) is 13.1 Å². The van der Waals surface area contributed by atoms with E-state index in [2.05, 4.69) is 38.7 Å². The molecule has 0 saturated carbocycles. The van der Waals surface area contributed by atoms with E-state index >= 15 is 0 Å². The topological polar surface area (TPSA) is 41.1 Å². The monoisotopic (exact) mass is 390 g/mol. The number of thioether (sulfide) groups is 1. The number of amides is 1. The zero-order valence-corrected chi connectivity index (χ0v) is 15.1. The minimum Gasteiger partial charge on any atom is -0.348 e. The SMILES string of the molecule is O=C(NC1CCNC1)c1ccccc1SCc1ccc(Br)cc1. The minimum absolute atomic E-state index is 0.0256. The highest BCUT2D eigenvalue weighted by molar-refractivity contribution is 9.10. The first-order valence-electron chi connectivity index (χ1n) is 7.70. The molecule has 1 aliphatic rings. The molecule has 1 aliphatic heterocycles. The Labute approximate surface area is 149 Å². The van der Waals surface area contributed by atoms with Crippen LogP contribution in [0.1, 0.15) is 22.3 Å². The van der Waals surface area contributed by atoms with Crippen molar-refractivity contribution in [1.29, 1.82) is 0 Å². The number of hydrogen-bond acceptors (Lipinski definition) is 3. The molecule has 2 N–H and O–H groups in total. The Bertz CT molecular complexity index is 669. The van der Waals surface area contributed by atoms with Crippen LogP contribution < -0.4 is 10.6 Å². The van der Waals surface area contributed by atoms with Crippen molar-refractivity contribution >= 4 is 33.6 Å². The van der Waals surface area contributed by atoms with Gasteiger partial charge < -0.3 is 10.6 Å². The van der Waals surface area contributed by atoms with Crippen LogP contribution in [0.25, 0.3) is 0 Å². The van der Waals surface area contributed by atoms with Gasteiger partial charge in [-0.05, 0) is 42.8 Å². The number of carbonyl (C=O) groups is 1. The van der Waals surface area contributed by atoms with Crippen LogP contribution in [0, 0.1) is 0 Å². The van der Waals surface area contributed by atoms with Gasteiger partial charge in [-0.2, -0.15) is 0 Å². The second-order valence-corrected chi connectivity index (χ2v) is 7.51. The summed E-state index contributed by atoms with van der Waals surface area (Å²) in [7, 11) is 0. The normalized spacial score (nSPS) is 17.2. The van der Waals surface area contributed by atoms with E-state index in [1.807, 2.05) is 36.4 Å². The van der Waals surface area contributed by atoms with Crippen molar-refractivity contribution in [1.82, 2.24) is 10.6 Å². The summed E-state index contributed by atoms with van der Waals surface area (Å²) in [6, 6.07) is 16.4. The fourth-order valence-electron chi connectivity index (χ4n) is 2.56. The van der Waals surface area contributed by atoms with Crippen LogP contribution in [0.5, 0.6) is 0 Å². The first-order chi connectivity index (χ1) is 11.2. The molecule has 120 valence electrons. The molecular weight excluding hydrogens is 372 g/mol. The summed E-state index contributed by atoms with van der Waals surface area (Å²) in [5.74, 6) is 0.875. The summed E-state index contributed by atoms with van der Waals surface area (Å²) in [6.07, 6.45) is 1.000. The van der Waals surface area contributed by atoms with Crippen molar-refractivity contribution in [3.63, 3.8) is 0 Å². The van der Waals surface area contributed by atoms with Gasteiger partial charge in [0.05, 0.1) is 5.56 Å². The fraction of sp³-hybridized carbons (Fsp3) is 0.278. The van der Waals surface area contributed by atoms with Crippen molar-refractivity contribution in [3.8, 4) is 0 Å². The summed E-state index contributed by atoms with van der Waals surface area (Å²) in [5, 5.41) is 6.39. The fourth-order valence-corrected chi connectivity index (χ4v) is 3.83. The van der Waals surface area contributed by atoms with Crippen molar-refractivity contribution in [2.24, 2.45) is 0 Å². The van der Waals surface area contributed by atoms with E-state index in [0.29, 0.717) is 0 Å². The number of benzene rings is 2. The summed E-state index contributed by atoms with van der Waals surface area (Å²) < 4.78 is 1.08. The molecule has 1 unspecified atom stereocenters. The highest BCUT2D eigenvalue weighted by atomic mass is 79.9. The Kier molecular flexibility index (Phi) is 5.75. The van der Waals surface area contributed by atoms with Crippen LogP contribution in [0.2, 0.25) is 0 Å². The van der Waals surface area contributed by atoms with E-state index in [4.69, 9.17) is 0 Å². The molecule has 2 aromatic rings. The first kappa shape index (κ1) is 16.6. The molecule has 1 heterocycles. The second-order valence-electron chi connectivity index (χ2n) is 5.57. The Balaban J connectivity index is 1.67. The lowest BCUT2D eigenvalue weighted by atomic mass is 10.2. The molecule has 23 heavy (non-hydrogen) atoms. The predicted molar refractivity (Wildman–Crippen MR) is 98.9 cm³/mol. The molecular formula is C18H19BrN2OS. The van der Waals surface area contributed by atoms with E-state index in [9.17, 15) is 4.79 Å². The van der Waals surface area contributed by atoms with Gasteiger partial charge in [0.25, 0.3) is 5.91 Å². The summed E-state index contributed by atoms with van der Waals surface area (Å²) in [6.45, 7) is 1.84. The lowest BCUT2D eigenvalue weighted by Gasteiger charge is -2.14. The number of rotatable bonds is 5. The zero-order chi connectivity index (χ0) is 16.1. The second kappa shape index (κ2) is 7.99. The summed E-state index contributed by atoms with van der Waals surface area (Å²) >= 11 is 5.15. The molecule has 5 heteroatoms. The Hall–Kier alpha value is -1.30. The number of halogens is 1. The number of hydrogen-bond donors (Lipinski definition) is 2. The lowest BCUT2D eigenvalue weighted by molar-refractivity contribution is 0.0937. The Morgan fingerprint density at radius 2 is 2.00 bits per heavy atom. The minimum atomic E-state index is 0.0256. The molecule has 2 aromatic carbocycles. The summed E-state index contributed by atoms with van der Waals surface area (Å²) in [4.78, 5) is 13.5. The van der Waals surface area contributed by atoms with E-state index in [1.165, 1.54) is 5.56 Å². The van der Waals surface area contributed by atoms with Crippen LogP contribution in [-0.4, -0.2) is 25.0 Å². The maximum atomic E-state index is 12.5. The molecule has 0 spiro atoms. The smallest absolute Gasteiger partial charge is 0.252 e. The van der Waals surface area contributed by atoms with Gasteiger partial charge in [0.1, 0.15) is 0 Å². The molecule has 1 saturated heterocycles. The van der Waals surface area contributed by atoms with E-state index in [-0.39, 0.29) is 11.9 Å². The van der Waals surface area contributed by atoms with Gasteiger partial charge in [0, 0.05) is 27.7 Å². The maximum absolute atomic E-state index is 12.5. The van der Waals surface area contributed by atoms with Crippen LogP contribution >= 0.6 is 27.7 Å². The number of nitrogens with one attached hydrogen (secondary N) is 2. The third kappa shape index (κ3) is 4.59. The highest BCUT2D eigenvalue weighted by Crippen LogP contribution is 2.27. The van der Waals surface area contributed by atoms with Crippen molar-refractivity contribution < 1.29 is 4.79 Å². The predicted octanol–water partition coefficient (Wildman–Crippen LogP) is 3.83. The van der Waals surface area contributed by atoms with Crippen molar-refractivity contribution in [3.05, 3.63) is 64.1 Å². The average Bonchev–Trinajstić information content (AvgIpc) is 3.07. The molecule has 3 rings (SSSR count). The third-order valence-corrected chi connectivity index (χ3v) is 5.51. The lowest BCUT2D eigenvalue weighted by Crippen LogP contribution is -2.36. The van der Waals surface area contributed by atoms with Crippen LogP contribution in [0.4, 0.5) is 0 Å². The van der Waals surface area contributed by atoms with E-state index < -0.39 is 0 Å². The molecule has 1 fully saturated rings. The average molecular weight is 391 g/mol. The Morgan fingerprint density at radius 1 is 1.22 bits per heavy atom. The standard InChI is InChI=1S/C18H19BrN2OS/c19-14-7-5-13(6-8-14)12-23-17-4-2-1-3-16(17)18(22)21-15-9-10-20-11-15/h1-8,15,20H,9-12H2,(H,21,22). The molecule has 0 aromatic heterocycles. The van der Waals surface area contributed by atoms with Gasteiger partial charge in [0.2, 0.25) is 0 Å². The molecule has 0 radical (unpaired) electrons. The van der Waals surface area contributed by atoms with Gasteiger partial charge in [0.15, 0.2) is 0 Å². The molecule has 1 atom stereocenters. The molecule has 0 bridgehead atoms. The molecule has 3 nitrogen and oxygen atoms in total. The first-order valence-corrected chi connectivity index (χ1v) is 9.48. The van der Waals surface area contributed by atoms with E-state index in [0.717, 1.165) is 40.2 Å². The van der Waals surface area contributed by atoms with E-state index in [1.54, 1.807) is 11.8 Å². The van der Waals surface area contributed by atoms with Gasteiger partial charge >= 0.3 is 0 Å². The van der Waals surface area contributed by atoms with Gasteiger partial charge in [-0.3, -0.25) is 4.79 Å². The van der Waals surface area contributed by atoms with Gasteiger partial charge in [-0.15, -0.1) is 11.8 Å². The van der Waals surface area contributed by atoms with Gasteiger partial charge in [-0.1, -0.05) is 40.2 Å². The van der Waals surface area contributed by atoms with Gasteiger partial charge in [-0.25, -0.2) is 0 Å². The van der Waals surface area contributed by atoms with Crippen LogP contribution in [-0.2, 0) is 5.75 Å². The largest absolute Gasteiger partial charge is 0.348 e. The number of carbonyl (C=O) groups excluding carboxylic acids is 1. The van der Waals surface area contributed by atoms with Crippen LogP contribution in [0.15, 0.2) is 57.9 Å². The maximum Gasteiger partial charge on any atom is 0.252 e. The Morgan fingerprint density at radius 3 is 2.74 bits per heavy atom. The van der Waals surface area contributed by atoms with Crippen molar-refractivity contribution in [2.45, 2.75) is 23.1 Å².